The summed E-state index contributed by atoms with van der Waals surface area (Å²) < 4.78 is 1.15. The van der Waals surface area contributed by atoms with E-state index in [1.807, 2.05) is 0 Å². The Labute approximate surface area is 118 Å². The molecule has 1 aliphatic heterocycles. The van der Waals surface area contributed by atoms with Crippen molar-refractivity contribution in [3.05, 3.63) is 28.2 Å². The highest BCUT2D eigenvalue weighted by Crippen LogP contribution is 2.41. The molecule has 1 aromatic carbocycles. The molecule has 1 heterocycles. The first-order valence-corrected chi connectivity index (χ1v) is 7.74. The maximum absolute atomic E-state index is 6.11. The summed E-state index contributed by atoms with van der Waals surface area (Å²) in [5, 5.41) is 0. The highest BCUT2D eigenvalue weighted by molar-refractivity contribution is 9.10. The molecule has 2 fully saturated rings. The lowest BCUT2D eigenvalue weighted by Crippen LogP contribution is -2.23. The summed E-state index contributed by atoms with van der Waals surface area (Å²) in [6.07, 6.45) is 4.27. The summed E-state index contributed by atoms with van der Waals surface area (Å²) in [4.78, 5) is 2.55. The van der Waals surface area contributed by atoms with Crippen LogP contribution in [0.15, 0.2) is 22.7 Å². The van der Waals surface area contributed by atoms with E-state index in [2.05, 4.69) is 46.0 Å². The van der Waals surface area contributed by atoms with Crippen LogP contribution >= 0.6 is 15.9 Å². The molecule has 0 radical (unpaired) electrons. The van der Waals surface area contributed by atoms with Crippen molar-refractivity contribution in [3.8, 4) is 0 Å². The predicted molar refractivity (Wildman–Crippen MR) is 79.8 cm³/mol. The number of rotatable bonds is 2. The number of fused-ring (bicyclic) bond motifs is 1. The summed E-state index contributed by atoms with van der Waals surface area (Å²) in [6.45, 7) is 4.52. The molecule has 1 aromatic rings. The lowest BCUT2D eigenvalue weighted by atomic mass is 10.0. The molecule has 3 heteroatoms. The highest BCUT2D eigenvalue weighted by atomic mass is 79.9. The van der Waals surface area contributed by atoms with Gasteiger partial charge in [-0.05, 0) is 49.3 Å². The lowest BCUT2D eigenvalue weighted by molar-refractivity contribution is 0.494. The molecule has 3 unspecified atom stereocenters. The van der Waals surface area contributed by atoms with E-state index in [1.54, 1.807) is 0 Å². The van der Waals surface area contributed by atoms with Crippen LogP contribution in [-0.4, -0.2) is 13.1 Å². The number of hydrogen-bond acceptors (Lipinski definition) is 2. The van der Waals surface area contributed by atoms with Gasteiger partial charge in [0.1, 0.15) is 0 Å². The number of hydrogen-bond donors (Lipinski definition) is 1. The monoisotopic (exact) mass is 308 g/mol. The Bertz CT molecular complexity index is 432. The Hall–Kier alpha value is -0.540. The average molecular weight is 309 g/mol. The van der Waals surface area contributed by atoms with Crippen molar-refractivity contribution in [3.63, 3.8) is 0 Å². The molecule has 18 heavy (non-hydrogen) atoms. The van der Waals surface area contributed by atoms with Gasteiger partial charge in [-0.3, -0.25) is 0 Å². The number of benzene rings is 1. The van der Waals surface area contributed by atoms with Gasteiger partial charge >= 0.3 is 0 Å². The van der Waals surface area contributed by atoms with E-state index in [1.165, 1.54) is 43.6 Å². The zero-order valence-corrected chi connectivity index (χ0v) is 12.5. The Morgan fingerprint density at radius 3 is 2.56 bits per heavy atom. The molecular weight excluding hydrogens is 288 g/mol. The van der Waals surface area contributed by atoms with Gasteiger partial charge in [-0.25, -0.2) is 0 Å². The van der Waals surface area contributed by atoms with E-state index in [0.29, 0.717) is 0 Å². The van der Waals surface area contributed by atoms with E-state index >= 15 is 0 Å². The first-order chi connectivity index (χ1) is 8.65. The van der Waals surface area contributed by atoms with Gasteiger partial charge in [0.15, 0.2) is 0 Å². The van der Waals surface area contributed by atoms with Crippen LogP contribution in [0.2, 0.25) is 0 Å². The molecule has 2 N–H and O–H groups in total. The molecule has 0 spiro atoms. The quantitative estimate of drug-likeness (QED) is 0.902. The standard InChI is InChI=1S/C15H21BrN2/c1-10(17)14-6-5-13(16)7-15(14)18-8-11-3-2-4-12(11)9-18/h5-7,10-12H,2-4,8-9,17H2,1H3. The third-order valence-corrected chi connectivity index (χ3v) is 5.04. The van der Waals surface area contributed by atoms with Crippen molar-refractivity contribution >= 4 is 21.6 Å². The van der Waals surface area contributed by atoms with E-state index in [0.717, 1.165) is 16.3 Å². The molecule has 98 valence electrons. The summed E-state index contributed by atoms with van der Waals surface area (Å²) in [6, 6.07) is 6.60. The minimum Gasteiger partial charge on any atom is -0.371 e. The second-order valence-electron chi connectivity index (χ2n) is 5.85. The SMILES string of the molecule is CC(N)c1ccc(Br)cc1N1CC2CCCC2C1. The Balaban J connectivity index is 1.89. The van der Waals surface area contributed by atoms with Gasteiger partial charge in [-0.15, -0.1) is 0 Å². The smallest absolute Gasteiger partial charge is 0.0426 e. The summed E-state index contributed by atoms with van der Waals surface area (Å²) in [7, 11) is 0. The van der Waals surface area contributed by atoms with Crippen LogP contribution < -0.4 is 10.6 Å². The zero-order valence-electron chi connectivity index (χ0n) is 10.9. The Kier molecular flexibility index (Phi) is 3.37. The second-order valence-corrected chi connectivity index (χ2v) is 6.76. The molecule has 3 atom stereocenters. The van der Waals surface area contributed by atoms with Gasteiger partial charge in [0.05, 0.1) is 0 Å². The van der Waals surface area contributed by atoms with Crippen LogP contribution in [-0.2, 0) is 0 Å². The minimum absolute atomic E-state index is 0.105. The molecule has 1 saturated heterocycles. The molecule has 3 rings (SSSR count). The molecule has 0 amide bonds. The molecule has 1 saturated carbocycles. The predicted octanol–water partition coefficient (Wildman–Crippen LogP) is 3.71. The van der Waals surface area contributed by atoms with Crippen LogP contribution in [0.3, 0.4) is 0 Å². The lowest BCUT2D eigenvalue weighted by Gasteiger charge is -2.24. The molecule has 1 aliphatic carbocycles. The van der Waals surface area contributed by atoms with Crippen LogP contribution in [0.4, 0.5) is 5.69 Å². The minimum atomic E-state index is 0.105. The Morgan fingerprint density at radius 2 is 1.94 bits per heavy atom. The number of nitrogens with zero attached hydrogens (tertiary/aromatic N) is 1. The highest BCUT2D eigenvalue weighted by Gasteiger charge is 2.36. The number of halogens is 1. The van der Waals surface area contributed by atoms with Crippen LogP contribution in [0.5, 0.6) is 0 Å². The fourth-order valence-electron chi connectivity index (χ4n) is 3.61. The molecule has 0 bridgehead atoms. The van der Waals surface area contributed by atoms with Crippen molar-refractivity contribution in [1.82, 2.24) is 0 Å². The zero-order chi connectivity index (χ0) is 12.7. The van der Waals surface area contributed by atoms with Gasteiger partial charge in [0.25, 0.3) is 0 Å². The maximum Gasteiger partial charge on any atom is 0.0426 e. The van der Waals surface area contributed by atoms with Crippen molar-refractivity contribution in [2.24, 2.45) is 17.6 Å². The molecule has 2 aliphatic rings. The van der Waals surface area contributed by atoms with Crippen LogP contribution in [0, 0.1) is 11.8 Å². The van der Waals surface area contributed by atoms with Gasteiger partial charge in [-0.2, -0.15) is 0 Å². The van der Waals surface area contributed by atoms with E-state index in [4.69, 9.17) is 5.73 Å². The van der Waals surface area contributed by atoms with Crippen LogP contribution in [0.1, 0.15) is 37.8 Å². The topological polar surface area (TPSA) is 29.3 Å². The first kappa shape index (κ1) is 12.5. The molecule has 0 aromatic heterocycles. The van der Waals surface area contributed by atoms with Gasteiger partial charge in [0.2, 0.25) is 0 Å². The van der Waals surface area contributed by atoms with Crippen molar-refractivity contribution < 1.29 is 0 Å². The summed E-state index contributed by atoms with van der Waals surface area (Å²) in [5.74, 6) is 1.84. The molecule has 2 nitrogen and oxygen atoms in total. The van der Waals surface area contributed by atoms with Gasteiger partial charge in [-0.1, -0.05) is 28.4 Å². The maximum atomic E-state index is 6.11. The molecular formula is C15H21BrN2. The normalized spacial score (nSPS) is 28.5. The fraction of sp³-hybridized carbons (Fsp3) is 0.600. The van der Waals surface area contributed by atoms with Crippen LogP contribution in [0.25, 0.3) is 0 Å². The Morgan fingerprint density at radius 1 is 1.28 bits per heavy atom. The van der Waals surface area contributed by atoms with Crippen molar-refractivity contribution in [1.29, 1.82) is 0 Å². The van der Waals surface area contributed by atoms with E-state index in [9.17, 15) is 0 Å². The van der Waals surface area contributed by atoms with Crippen molar-refractivity contribution in [2.45, 2.75) is 32.2 Å². The van der Waals surface area contributed by atoms with E-state index < -0.39 is 0 Å². The number of anilines is 1. The third-order valence-electron chi connectivity index (χ3n) is 4.55. The second kappa shape index (κ2) is 4.86. The fourth-order valence-corrected chi connectivity index (χ4v) is 3.96. The first-order valence-electron chi connectivity index (χ1n) is 6.95. The average Bonchev–Trinajstić information content (AvgIpc) is 2.88. The number of nitrogens with two attached hydrogens (primary N) is 1. The largest absolute Gasteiger partial charge is 0.371 e. The van der Waals surface area contributed by atoms with E-state index in [-0.39, 0.29) is 6.04 Å². The van der Waals surface area contributed by atoms with Gasteiger partial charge in [0, 0.05) is 29.3 Å². The van der Waals surface area contributed by atoms with Crippen molar-refractivity contribution in [2.75, 3.05) is 18.0 Å². The van der Waals surface area contributed by atoms with Gasteiger partial charge < -0.3 is 10.6 Å². The summed E-state index contributed by atoms with van der Waals surface area (Å²) >= 11 is 3.59. The third kappa shape index (κ3) is 2.19. The summed E-state index contributed by atoms with van der Waals surface area (Å²) in [5.41, 5.74) is 8.72.